The lowest BCUT2D eigenvalue weighted by atomic mass is 10.0. The van der Waals surface area contributed by atoms with Gasteiger partial charge < -0.3 is 20.4 Å². The number of hydrogen-bond acceptors (Lipinski definition) is 8. The Morgan fingerprint density at radius 1 is 1.11 bits per heavy atom. The van der Waals surface area contributed by atoms with Gasteiger partial charge in [0.05, 0.1) is 28.0 Å². The first-order valence-corrected chi connectivity index (χ1v) is 10.7. The monoisotopic (exact) mass is 471 g/mol. The van der Waals surface area contributed by atoms with Crippen LogP contribution in [0.1, 0.15) is 5.01 Å². The van der Waals surface area contributed by atoms with Crippen LogP contribution in [0.15, 0.2) is 17.1 Å². The Hall–Kier alpha value is -0.360. The highest BCUT2D eigenvalue weighted by atomic mass is 35.5. The topological polar surface area (TPSA) is 111 Å². The molecule has 0 unspecified atom stereocenters. The predicted octanol–water partition coefficient (Wildman–Crippen LogP) is 1.62. The fourth-order valence-electron chi connectivity index (χ4n) is 2.64. The molecule has 1 aromatic heterocycles. The van der Waals surface area contributed by atoms with Crippen molar-refractivity contribution < 1.29 is 20.4 Å². The van der Waals surface area contributed by atoms with Gasteiger partial charge in [0.1, 0.15) is 28.3 Å². The van der Waals surface area contributed by atoms with Crippen LogP contribution in [-0.4, -0.2) is 65.7 Å². The second-order valence-corrected chi connectivity index (χ2v) is 9.65. The molecule has 4 N–H and O–H groups in total. The lowest BCUT2D eigenvalue weighted by Crippen LogP contribution is -2.53. The highest BCUT2D eigenvalue weighted by molar-refractivity contribution is 8.00. The summed E-state index contributed by atoms with van der Waals surface area (Å²) in [6.45, 7) is 1.41. The minimum Gasteiger partial charge on any atom is -0.395 e. The summed E-state index contributed by atoms with van der Waals surface area (Å²) in [5, 5.41) is 44.2. The van der Waals surface area contributed by atoms with Crippen LogP contribution in [0.4, 0.5) is 0 Å². The van der Waals surface area contributed by atoms with Crippen molar-refractivity contribution >= 4 is 57.9 Å². The normalized spacial score (nSPS) is 29.3. The molecule has 0 aliphatic carbocycles. The maximum atomic E-state index is 10.3. The molecule has 27 heavy (non-hydrogen) atoms. The maximum absolute atomic E-state index is 10.3. The van der Waals surface area contributed by atoms with E-state index in [2.05, 4.69) is 10.1 Å². The zero-order valence-corrected chi connectivity index (χ0v) is 17.7. The number of aromatic nitrogens is 2. The van der Waals surface area contributed by atoms with Gasteiger partial charge in [-0.25, -0.2) is 9.67 Å². The molecular formula is C15H16Cl3N3O4S2. The molecule has 0 saturated carbocycles. The summed E-state index contributed by atoms with van der Waals surface area (Å²) in [5.41, 5.74) is 0.389. The second kappa shape index (κ2) is 8.56. The zero-order valence-electron chi connectivity index (χ0n) is 13.8. The number of nitrogens with zero attached hydrogens (tertiary/aromatic N) is 3. The van der Waals surface area contributed by atoms with E-state index in [1.165, 1.54) is 28.2 Å². The van der Waals surface area contributed by atoms with E-state index >= 15 is 0 Å². The van der Waals surface area contributed by atoms with Gasteiger partial charge in [0.2, 0.25) is 4.80 Å². The van der Waals surface area contributed by atoms with E-state index in [1.807, 2.05) is 0 Å². The average molecular weight is 473 g/mol. The molecule has 1 saturated heterocycles. The van der Waals surface area contributed by atoms with Crippen molar-refractivity contribution in [2.75, 3.05) is 6.61 Å². The first-order chi connectivity index (χ1) is 12.7. The third-order valence-corrected chi connectivity index (χ3v) is 7.03. The molecule has 0 bridgehead atoms. The Labute approximate surface area is 177 Å². The van der Waals surface area contributed by atoms with Gasteiger partial charge in [0.15, 0.2) is 0 Å². The summed E-state index contributed by atoms with van der Waals surface area (Å²) in [6, 6.07) is 3.06. The molecule has 0 spiro atoms. The summed E-state index contributed by atoms with van der Waals surface area (Å²) in [4.78, 5) is 4.87. The summed E-state index contributed by atoms with van der Waals surface area (Å²) in [6.07, 6.45) is -4.00. The third-order valence-electron chi connectivity index (χ3n) is 3.96. The highest BCUT2D eigenvalue weighted by Crippen LogP contribution is 2.34. The van der Waals surface area contributed by atoms with Crippen LogP contribution in [0.5, 0.6) is 0 Å². The van der Waals surface area contributed by atoms with Crippen molar-refractivity contribution in [3.63, 3.8) is 0 Å². The standard InChI is InChI=1S/C15H16Cl3N3O4S2/c1-5-20-21(10-7(17)2-6(16)3-8(10)18)15(26-5)19-14-13(25)12(24)11(23)9(4-22)27-14/h2-3,9,11-14,22-25H,4H2,1H3/b19-15+/t9-,11-,12+,13-,14-/m1/s1. The zero-order chi connectivity index (χ0) is 19.9. The molecule has 1 aromatic carbocycles. The Morgan fingerprint density at radius 2 is 1.74 bits per heavy atom. The largest absolute Gasteiger partial charge is 0.395 e. The summed E-state index contributed by atoms with van der Waals surface area (Å²) in [5.74, 6) is 0. The number of halogens is 3. The molecule has 12 heteroatoms. The Morgan fingerprint density at radius 3 is 2.33 bits per heavy atom. The molecular weight excluding hydrogens is 457 g/mol. The molecule has 0 radical (unpaired) electrons. The Bertz CT molecular complexity index is 882. The SMILES string of the molecule is Cc1nn(-c2c(Cl)cc(Cl)cc2Cl)/c(=N\[C@@H]2S[C@H](CO)[C@@H](O)[C@H](O)[C@H]2O)s1. The van der Waals surface area contributed by atoms with Gasteiger partial charge in [-0.05, 0) is 19.1 Å². The van der Waals surface area contributed by atoms with Crippen molar-refractivity contribution in [2.45, 2.75) is 35.9 Å². The molecule has 1 aliphatic heterocycles. The Kier molecular flexibility index (Phi) is 6.77. The number of rotatable bonds is 3. The van der Waals surface area contributed by atoms with Crippen LogP contribution in [0.3, 0.4) is 0 Å². The molecule has 0 amide bonds. The molecule has 3 rings (SSSR count). The number of aliphatic hydroxyl groups is 4. The highest BCUT2D eigenvalue weighted by Gasteiger charge is 2.43. The lowest BCUT2D eigenvalue weighted by Gasteiger charge is -2.37. The summed E-state index contributed by atoms with van der Waals surface area (Å²) < 4.78 is 1.44. The van der Waals surface area contributed by atoms with E-state index in [0.29, 0.717) is 20.5 Å². The van der Waals surface area contributed by atoms with Crippen LogP contribution in [0, 0.1) is 6.92 Å². The van der Waals surface area contributed by atoms with Gasteiger partial charge in [-0.3, -0.25) is 0 Å². The van der Waals surface area contributed by atoms with Crippen molar-refractivity contribution in [3.8, 4) is 5.69 Å². The van der Waals surface area contributed by atoms with E-state index < -0.39 is 28.9 Å². The summed E-state index contributed by atoms with van der Waals surface area (Å²) in [7, 11) is 0. The lowest BCUT2D eigenvalue weighted by molar-refractivity contribution is -0.0691. The summed E-state index contributed by atoms with van der Waals surface area (Å²) >= 11 is 20.8. The van der Waals surface area contributed by atoms with Gasteiger partial charge in [-0.2, -0.15) is 5.10 Å². The molecule has 1 fully saturated rings. The van der Waals surface area contributed by atoms with Gasteiger partial charge in [0, 0.05) is 5.02 Å². The third kappa shape index (κ3) is 4.31. The van der Waals surface area contributed by atoms with Crippen molar-refractivity contribution in [1.29, 1.82) is 0 Å². The minimum absolute atomic E-state index is 0.278. The molecule has 5 atom stereocenters. The Balaban J connectivity index is 2.09. The molecule has 148 valence electrons. The van der Waals surface area contributed by atoms with Gasteiger partial charge in [0.25, 0.3) is 0 Å². The molecule has 2 heterocycles. The van der Waals surface area contributed by atoms with Crippen molar-refractivity contribution in [2.24, 2.45) is 4.99 Å². The van der Waals surface area contributed by atoms with E-state index in [0.717, 1.165) is 11.8 Å². The van der Waals surface area contributed by atoms with Crippen LogP contribution in [0.2, 0.25) is 15.1 Å². The fourth-order valence-corrected chi connectivity index (χ4v) is 5.70. The second-order valence-electron chi connectivity index (χ2n) is 5.88. The van der Waals surface area contributed by atoms with E-state index in [-0.39, 0.29) is 16.7 Å². The predicted molar refractivity (Wildman–Crippen MR) is 107 cm³/mol. The van der Waals surface area contributed by atoms with E-state index in [9.17, 15) is 20.4 Å². The number of benzene rings is 1. The first kappa shape index (κ1) is 21.4. The average Bonchev–Trinajstić information content (AvgIpc) is 2.94. The number of aliphatic hydroxyl groups excluding tert-OH is 4. The smallest absolute Gasteiger partial charge is 0.209 e. The van der Waals surface area contributed by atoms with E-state index in [4.69, 9.17) is 34.8 Å². The molecule has 2 aromatic rings. The minimum atomic E-state index is -1.43. The first-order valence-electron chi connectivity index (χ1n) is 7.79. The number of aryl methyl sites for hydroxylation is 1. The van der Waals surface area contributed by atoms with Crippen molar-refractivity contribution in [1.82, 2.24) is 9.78 Å². The van der Waals surface area contributed by atoms with Gasteiger partial charge in [-0.15, -0.1) is 11.8 Å². The fraction of sp³-hybridized carbons (Fsp3) is 0.467. The van der Waals surface area contributed by atoms with E-state index in [1.54, 1.807) is 6.92 Å². The number of thioether (sulfide) groups is 1. The van der Waals surface area contributed by atoms with Crippen LogP contribution in [-0.2, 0) is 0 Å². The van der Waals surface area contributed by atoms with Crippen LogP contribution in [0.25, 0.3) is 5.69 Å². The van der Waals surface area contributed by atoms with Crippen LogP contribution < -0.4 is 4.80 Å². The molecule has 7 nitrogen and oxygen atoms in total. The van der Waals surface area contributed by atoms with Crippen LogP contribution >= 0.6 is 57.9 Å². The van der Waals surface area contributed by atoms with Gasteiger partial charge >= 0.3 is 0 Å². The van der Waals surface area contributed by atoms with Crippen molar-refractivity contribution in [3.05, 3.63) is 37.0 Å². The number of hydrogen-bond donors (Lipinski definition) is 4. The molecule has 1 aliphatic rings. The van der Waals surface area contributed by atoms with Gasteiger partial charge in [-0.1, -0.05) is 46.1 Å². The quantitative estimate of drug-likeness (QED) is 0.540. The maximum Gasteiger partial charge on any atom is 0.209 e.